The Kier molecular flexibility index (Phi) is 4.40. The highest BCUT2D eigenvalue weighted by atomic mass is 16.5. The molecule has 0 amide bonds. The zero-order valence-corrected chi connectivity index (χ0v) is 12.3. The third-order valence-corrected chi connectivity index (χ3v) is 3.76. The van der Waals surface area contributed by atoms with Crippen molar-refractivity contribution < 1.29 is 23.9 Å². The number of ether oxygens (including phenoxy) is 2. The number of hydrogen-bond acceptors (Lipinski definition) is 5. The summed E-state index contributed by atoms with van der Waals surface area (Å²) < 4.78 is 9.82. The van der Waals surface area contributed by atoms with Crippen LogP contribution in [0.15, 0.2) is 18.2 Å². The normalized spacial score (nSPS) is 20.6. The van der Waals surface area contributed by atoms with Crippen molar-refractivity contribution in [3.8, 4) is 5.75 Å². The number of methoxy groups -OCH3 is 1. The second-order valence-corrected chi connectivity index (χ2v) is 5.09. The van der Waals surface area contributed by atoms with E-state index in [1.807, 2.05) is 13.0 Å². The first kappa shape index (κ1) is 15.2. The van der Waals surface area contributed by atoms with Gasteiger partial charge in [0.25, 0.3) is 5.78 Å². The summed E-state index contributed by atoms with van der Waals surface area (Å²) >= 11 is 0. The van der Waals surface area contributed by atoms with Crippen LogP contribution in [-0.4, -0.2) is 31.3 Å². The summed E-state index contributed by atoms with van der Waals surface area (Å²) in [5, 5.41) is 0. The number of fused-ring (bicyclic) bond motifs is 1. The zero-order valence-electron chi connectivity index (χ0n) is 12.3. The Morgan fingerprint density at radius 2 is 2.05 bits per heavy atom. The number of benzene rings is 1. The van der Waals surface area contributed by atoms with Crippen molar-refractivity contribution in [2.75, 3.05) is 13.7 Å². The van der Waals surface area contributed by atoms with Crippen molar-refractivity contribution in [2.45, 2.75) is 26.2 Å². The Bertz CT molecular complexity index is 590. The minimum Gasteiger partial charge on any atom is -0.497 e. The SMILES string of the molecule is CCOC(=O)C(=O)C1CC(C)c2ccc(OC)cc2C1=O. The Hall–Kier alpha value is -2.17. The number of rotatable bonds is 4. The van der Waals surface area contributed by atoms with Gasteiger partial charge in [0.1, 0.15) is 5.75 Å². The number of ketones is 2. The zero-order chi connectivity index (χ0) is 15.6. The molecule has 0 saturated carbocycles. The molecule has 0 aliphatic heterocycles. The van der Waals surface area contributed by atoms with E-state index in [0.29, 0.717) is 17.7 Å². The van der Waals surface area contributed by atoms with E-state index in [0.717, 1.165) is 5.56 Å². The molecule has 2 unspecified atom stereocenters. The molecular weight excluding hydrogens is 272 g/mol. The van der Waals surface area contributed by atoms with Crippen LogP contribution in [0.25, 0.3) is 0 Å². The van der Waals surface area contributed by atoms with E-state index < -0.39 is 17.7 Å². The van der Waals surface area contributed by atoms with Crippen LogP contribution in [0.5, 0.6) is 5.75 Å². The molecule has 1 aliphatic rings. The quantitative estimate of drug-likeness (QED) is 0.482. The summed E-state index contributed by atoms with van der Waals surface area (Å²) in [5.41, 5.74) is 1.34. The van der Waals surface area contributed by atoms with Gasteiger partial charge in [-0.05, 0) is 37.0 Å². The van der Waals surface area contributed by atoms with Crippen molar-refractivity contribution in [3.05, 3.63) is 29.3 Å². The van der Waals surface area contributed by atoms with Gasteiger partial charge in [0, 0.05) is 5.56 Å². The van der Waals surface area contributed by atoms with E-state index in [9.17, 15) is 14.4 Å². The van der Waals surface area contributed by atoms with E-state index in [1.165, 1.54) is 7.11 Å². The molecule has 21 heavy (non-hydrogen) atoms. The third kappa shape index (κ3) is 2.82. The van der Waals surface area contributed by atoms with Crippen LogP contribution in [0, 0.1) is 5.92 Å². The van der Waals surface area contributed by atoms with Gasteiger partial charge in [0.15, 0.2) is 5.78 Å². The largest absolute Gasteiger partial charge is 0.497 e. The van der Waals surface area contributed by atoms with Crippen LogP contribution >= 0.6 is 0 Å². The van der Waals surface area contributed by atoms with Crippen molar-refractivity contribution in [3.63, 3.8) is 0 Å². The molecule has 5 heteroatoms. The maximum Gasteiger partial charge on any atom is 0.375 e. The minimum absolute atomic E-state index is 0.0204. The van der Waals surface area contributed by atoms with Gasteiger partial charge in [-0.1, -0.05) is 13.0 Å². The van der Waals surface area contributed by atoms with Gasteiger partial charge in [0.2, 0.25) is 0 Å². The molecule has 0 saturated heterocycles. The van der Waals surface area contributed by atoms with Crippen LogP contribution < -0.4 is 4.74 Å². The summed E-state index contributed by atoms with van der Waals surface area (Å²) in [5.74, 6) is -2.42. The van der Waals surface area contributed by atoms with Gasteiger partial charge in [-0.25, -0.2) is 4.79 Å². The molecule has 2 rings (SSSR count). The maximum atomic E-state index is 12.5. The van der Waals surface area contributed by atoms with E-state index in [4.69, 9.17) is 9.47 Å². The average Bonchev–Trinajstić information content (AvgIpc) is 2.49. The lowest BCUT2D eigenvalue weighted by Gasteiger charge is -2.27. The fourth-order valence-corrected chi connectivity index (χ4v) is 2.65. The van der Waals surface area contributed by atoms with Crippen LogP contribution in [0.3, 0.4) is 0 Å². The molecule has 0 N–H and O–H groups in total. The van der Waals surface area contributed by atoms with Gasteiger partial charge in [-0.15, -0.1) is 0 Å². The number of Topliss-reactive ketones (excluding diaryl/α,β-unsaturated/α-hetero) is 2. The van der Waals surface area contributed by atoms with Crippen molar-refractivity contribution in [2.24, 2.45) is 5.92 Å². The van der Waals surface area contributed by atoms with Crippen LogP contribution in [-0.2, 0) is 14.3 Å². The molecule has 112 valence electrons. The van der Waals surface area contributed by atoms with E-state index >= 15 is 0 Å². The first-order valence-corrected chi connectivity index (χ1v) is 6.92. The van der Waals surface area contributed by atoms with Crippen LogP contribution in [0.2, 0.25) is 0 Å². The molecule has 2 atom stereocenters. The predicted octanol–water partition coefficient (Wildman–Crippen LogP) is 2.13. The van der Waals surface area contributed by atoms with Crippen molar-refractivity contribution in [1.29, 1.82) is 0 Å². The fraction of sp³-hybridized carbons (Fsp3) is 0.438. The lowest BCUT2D eigenvalue weighted by Crippen LogP contribution is -2.36. The molecule has 0 fully saturated rings. The maximum absolute atomic E-state index is 12.5. The smallest absolute Gasteiger partial charge is 0.375 e. The summed E-state index contributed by atoms with van der Waals surface area (Å²) in [6.45, 7) is 3.67. The molecule has 0 radical (unpaired) electrons. The summed E-state index contributed by atoms with van der Waals surface area (Å²) in [4.78, 5) is 36.2. The molecule has 0 aromatic heterocycles. The molecule has 0 bridgehead atoms. The van der Waals surface area contributed by atoms with E-state index in [-0.39, 0.29) is 18.3 Å². The number of hydrogen-bond donors (Lipinski definition) is 0. The summed E-state index contributed by atoms with van der Waals surface area (Å²) in [7, 11) is 1.51. The first-order valence-electron chi connectivity index (χ1n) is 6.92. The molecular formula is C16H18O5. The summed E-state index contributed by atoms with van der Waals surface area (Å²) in [6, 6.07) is 5.25. The highest BCUT2D eigenvalue weighted by Crippen LogP contribution is 2.36. The number of carbonyl (C=O) groups is 3. The van der Waals surface area contributed by atoms with E-state index in [2.05, 4.69) is 0 Å². The second kappa shape index (κ2) is 6.08. The monoisotopic (exact) mass is 290 g/mol. The third-order valence-electron chi connectivity index (χ3n) is 3.76. The van der Waals surface area contributed by atoms with Gasteiger partial charge >= 0.3 is 5.97 Å². The van der Waals surface area contributed by atoms with Crippen molar-refractivity contribution in [1.82, 2.24) is 0 Å². The fourth-order valence-electron chi connectivity index (χ4n) is 2.65. The van der Waals surface area contributed by atoms with Gasteiger partial charge in [0.05, 0.1) is 19.6 Å². The molecule has 1 aromatic rings. The van der Waals surface area contributed by atoms with Crippen LogP contribution in [0.4, 0.5) is 0 Å². The highest BCUT2D eigenvalue weighted by molar-refractivity contribution is 6.39. The Morgan fingerprint density at radius 1 is 1.33 bits per heavy atom. The molecule has 0 heterocycles. The lowest BCUT2D eigenvalue weighted by molar-refractivity contribution is -0.154. The van der Waals surface area contributed by atoms with Crippen LogP contribution in [0.1, 0.15) is 42.1 Å². The molecule has 1 aromatic carbocycles. The lowest BCUT2D eigenvalue weighted by atomic mass is 9.75. The Labute approximate surface area is 123 Å². The van der Waals surface area contributed by atoms with Gasteiger partial charge in [-0.3, -0.25) is 9.59 Å². The Balaban J connectivity index is 2.35. The average molecular weight is 290 g/mol. The van der Waals surface area contributed by atoms with Crippen molar-refractivity contribution >= 4 is 17.5 Å². The van der Waals surface area contributed by atoms with Gasteiger partial charge < -0.3 is 9.47 Å². The standard InChI is InChI=1S/C16H18O5/c1-4-21-16(19)15(18)13-7-9(2)11-6-5-10(20-3)8-12(11)14(13)17/h5-6,8-9,13H,4,7H2,1-3H3. The Morgan fingerprint density at radius 3 is 2.67 bits per heavy atom. The minimum atomic E-state index is -0.960. The predicted molar refractivity (Wildman–Crippen MR) is 75.5 cm³/mol. The molecule has 0 spiro atoms. The first-order chi connectivity index (χ1) is 9.99. The topological polar surface area (TPSA) is 69.7 Å². The number of esters is 1. The molecule has 1 aliphatic carbocycles. The highest BCUT2D eigenvalue weighted by Gasteiger charge is 2.39. The van der Waals surface area contributed by atoms with Gasteiger partial charge in [-0.2, -0.15) is 0 Å². The van der Waals surface area contributed by atoms with E-state index in [1.54, 1.807) is 19.1 Å². The summed E-state index contributed by atoms with van der Waals surface area (Å²) in [6.07, 6.45) is 0.329. The second-order valence-electron chi connectivity index (χ2n) is 5.09. The number of carbonyl (C=O) groups excluding carboxylic acids is 3. The molecule has 5 nitrogen and oxygen atoms in total.